The Labute approximate surface area is 221 Å². The molecule has 1 saturated carbocycles. The fraction of sp³-hybridized carbons (Fsp3) is 0.846. The molecule has 2 aliphatic rings. The Morgan fingerprint density at radius 1 is 1.14 bits per heavy atom. The number of carbonyl (C=O) groups is 2. The molecule has 11 nitrogen and oxygen atoms in total. The number of methoxy groups -OCH3 is 2. The summed E-state index contributed by atoms with van der Waals surface area (Å²) < 4.78 is 15.7. The lowest BCUT2D eigenvalue weighted by Crippen LogP contribution is -2.57. The first-order valence-corrected chi connectivity index (χ1v) is 13.5. The maximum absolute atomic E-state index is 14.0. The third-order valence-corrected chi connectivity index (χ3v) is 7.38. The fourth-order valence-electron chi connectivity index (χ4n) is 5.07. The number of nitriles is 1. The molecule has 1 aliphatic heterocycles. The van der Waals surface area contributed by atoms with Crippen LogP contribution >= 0.6 is 0 Å². The summed E-state index contributed by atoms with van der Waals surface area (Å²) in [5, 5.41) is 16.1. The van der Waals surface area contributed by atoms with Crippen molar-refractivity contribution < 1.29 is 23.8 Å². The Balaban J connectivity index is 2.44. The van der Waals surface area contributed by atoms with Gasteiger partial charge in [-0.3, -0.25) is 10.1 Å². The summed E-state index contributed by atoms with van der Waals surface area (Å²) in [6.45, 7) is 4.99. The van der Waals surface area contributed by atoms with Gasteiger partial charge in [-0.1, -0.05) is 32.1 Å². The monoisotopic (exact) mass is 522 g/mol. The first kappa shape index (κ1) is 30.8. The van der Waals surface area contributed by atoms with E-state index in [0.717, 1.165) is 25.7 Å². The number of rotatable bonds is 12. The highest BCUT2D eigenvalue weighted by Gasteiger charge is 2.41. The van der Waals surface area contributed by atoms with E-state index in [0.29, 0.717) is 64.6 Å². The quantitative estimate of drug-likeness (QED) is 0.295. The average molecular weight is 523 g/mol. The number of likely N-dealkylation sites (N-methyl/N-ethyl adjacent to an activating group) is 1. The molecular weight excluding hydrogens is 476 g/mol. The minimum atomic E-state index is -0.872. The van der Waals surface area contributed by atoms with Crippen LogP contribution in [-0.4, -0.2) is 107 Å². The Morgan fingerprint density at radius 3 is 2.30 bits per heavy atom. The minimum Gasteiger partial charge on any atom is -0.450 e. The molecule has 11 heteroatoms. The summed E-state index contributed by atoms with van der Waals surface area (Å²) in [5.74, 6) is 0.420. The molecular formula is C26H46N6O5. The third-order valence-electron chi connectivity index (χ3n) is 7.38. The number of carbonyl (C=O) groups excluding carboxylic acids is 2. The normalized spacial score (nSPS) is 18.9. The zero-order valence-electron chi connectivity index (χ0n) is 23.1. The number of ether oxygens (including phenoxy) is 3. The van der Waals surface area contributed by atoms with Crippen LogP contribution in [0.25, 0.3) is 0 Å². The highest BCUT2D eigenvalue weighted by Crippen LogP contribution is 2.31. The number of hydrogen-bond acceptors (Lipinski definition) is 8. The molecule has 1 saturated heterocycles. The number of alkyl carbamates (subject to hydrolysis) is 1. The van der Waals surface area contributed by atoms with Crippen molar-refractivity contribution in [1.82, 2.24) is 20.4 Å². The van der Waals surface area contributed by atoms with Gasteiger partial charge in [0.05, 0.1) is 25.9 Å². The first-order valence-electron chi connectivity index (χ1n) is 13.5. The number of guanidine groups is 1. The predicted molar refractivity (Wildman–Crippen MR) is 141 cm³/mol. The maximum atomic E-state index is 14.0. The SMILES string of the molecule is CCOC(=O)NC(=NC(CC1CCCCC1)C(=O)N(C)C1(C#N)CCNCC1)N(CCOC)CCOC. The molecule has 1 aliphatic carbocycles. The molecule has 0 bridgehead atoms. The van der Waals surface area contributed by atoms with Crippen molar-refractivity contribution in [2.75, 3.05) is 67.3 Å². The number of amides is 2. The average Bonchev–Trinajstić information content (AvgIpc) is 2.92. The van der Waals surface area contributed by atoms with E-state index in [2.05, 4.69) is 16.7 Å². The zero-order valence-corrected chi connectivity index (χ0v) is 23.1. The zero-order chi connectivity index (χ0) is 27.1. The molecule has 2 rings (SSSR count). The van der Waals surface area contributed by atoms with Crippen molar-refractivity contribution in [3.05, 3.63) is 0 Å². The summed E-state index contributed by atoms with van der Waals surface area (Å²) >= 11 is 0. The van der Waals surface area contributed by atoms with Crippen LogP contribution in [0, 0.1) is 17.2 Å². The third kappa shape index (κ3) is 9.43. The van der Waals surface area contributed by atoms with Gasteiger partial charge in [0.15, 0.2) is 0 Å². The standard InChI is InChI=1S/C26H46N6O5/c1-5-37-25(34)30-24(32(15-17-35-3)16-18-36-4)29-22(19-21-9-7-6-8-10-21)23(33)31(2)26(20-27)11-13-28-14-12-26/h21-22,28H,5-19H2,1-4H3,(H,29,30,34). The van der Waals surface area contributed by atoms with Gasteiger partial charge >= 0.3 is 6.09 Å². The van der Waals surface area contributed by atoms with Gasteiger partial charge in [-0.2, -0.15) is 5.26 Å². The van der Waals surface area contributed by atoms with Gasteiger partial charge in [0.25, 0.3) is 0 Å². The molecule has 210 valence electrons. The Hall–Kier alpha value is -2.42. The summed E-state index contributed by atoms with van der Waals surface area (Å²) in [4.78, 5) is 34.8. The van der Waals surface area contributed by atoms with Crippen molar-refractivity contribution in [2.45, 2.75) is 69.9 Å². The summed E-state index contributed by atoms with van der Waals surface area (Å²) in [6, 6.07) is 1.68. The maximum Gasteiger partial charge on any atom is 0.413 e. The van der Waals surface area contributed by atoms with Crippen molar-refractivity contribution in [3.8, 4) is 6.07 Å². The van der Waals surface area contributed by atoms with Gasteiger partial charge in [-0.05, 0) is 45.2 Å². The lowest BCUT2D eigenvalue weighted by molar-refractivity contribution is -0.136. The van der Waals surface area contributed by atoms with Crippen molar-refractivity contribution in [1.29, 1.82) is 5.26 Å². The number of piperidine rings is 1. The predicted octanol–water partition coefficient (Wildman–Crippen LogP) is 2.13. The van der Waals surface area contributed by atoms with E-state index in [1.165, 1.54) is 6.42 Å². The molecule has 2 N–H and O–H groups in total. The van der Waals surface area contributed by atoms with Gasteiger partial charge in [0.2, 0.25) is 11.9 Å². The molecule has 1 unspecified atom stereocenters. The second-order valence-electron chi connectivity index (χ2n) is 9.82. The van der Waals surface area contributed by atoms with E-state index in [1.807, 2.05) is 4.90 Å². The summed E-state index contributed by atoms with van der Waals surface area (Å²) in [7, 11) is 4.93. The van der Waals surface area contributed by atoms with Crippen LogP contribution < -0.4 is 10.6 Å². The largest absolute Gasteiger partial charge is 0.450 e. The molecule has 2 fully saturated rings. The Morgan fingerprint density at radius 2 is 1.76 bits per heavy atom. The lowest BCUT2D eigenvalue weighted by Gasteiger charge is -2.40. The highest BCUT2D eigenvalue weighted by atomic mass is 16.5. The molecule has 0 aromatic carbocycles. The summed E-state index contributed by atoms with van der Waals surface area (Å²) in [5.41, 5.74) is -0.872. The second kappa shape index (κ2) is 16.4. The van der Waals surface area contributed by atoms with Crippen molar-refractivity contribution >= 4 is 18.0 Å². The second-order valence-corrected chi connectivity index (χ2v) is 9.82. The lowest BCUT2D eigenvalue weighted by atomic mass is 9.83. The van der Waals surface area contributed by atoms with Gasteiger partial charge in [0.1, 0.15) is 11.6 Å². The molecule has 0 aromatic rings. The first-order chi connectivity index (χ1) is 17.9. The topological polar surface area (TPSA) is 129 Å². The van der Waals surface area contributed by atoms with Crippen LogP contribution in [0.4, 0.5) is 4.79 Å². The van der Waals surface area contributed by atoms with Gasteiger partial charge in [0, 0.05) is 34.4 Å². The van der Waals surface area contributed by atoms with Crippen LogP contribution in [0.2, 0.25) is 0 Å². The van der Waals surface area contributed by atoms with Crippen LogP contribution in [0.3, 0.4) is 0 Å². The molecule has 1 atom stereocenters. The van der Waals surface area contributed by atoms with E-state index < -0.39 is 17.7 Å². The molecule has 37 heavy (non-hydrogen) atoms. The van der Waals surface area contributed by atoms with E-state index in [4.69, 9.17) is 19.2 Å². The van der Waals surface area contributed by atoms with Gasteiger partial charge in [-0.25, -0.2) is 9.79 Å². The van der Waals surface area contributed by atoms with Gasteiger partial charge in [-0.15, -0.1) is 0 Å². The molecule has 0 aromatic heterocycles. The van der Waals surface area contributed by atoms with E-state index in [-0.39, 0.29) is 18.5 Å². The van der Waals surface area contributed by atoms with Crippen LogP contribution in [0.1, 0.15) is 58.3 Å². The van der Waals surface area contributed by atoms with Crippen molar-refractivity contribution in [2.24, 2.45) is 10.9 Å². The van der Waals surface area contributed by atoms with Gasteiger partial charge < -0.3 is 29.3 Å². The van der Waals surface area contributed by atoms with E-state index in [9.17, 15) is 14.9 Å². The number of hydrogen-bond donors (Lipinski definition) is 2. The minimum absolute atomic E-state index is 0.199. The highest BCUT2D eigenvalue weighted by molar-refractivity contribution is 5.96. The number of nitrogens with one attached hydrogen (secondary N) is 2. The van der Waals surface area contributed by atoms with Crippen LogP contribution in [0.5, 0.6) is 0 Å². The smallest absolute Gasteiger partial charge is 0.413 e. The molecule has 1 heterocycles. The Bertz CT molecular complexity index is 766. The molecule has 0 spiro atoms. The van der Waals surface area contributed by atoms with E-state index >= 15 is 0 Å². The Kier molecular flexibility index (Phi) is 13.7. The number of aliphatic imine (C=N–C) groups is 1. The van der Waals surface area contributed by atoms with Crippen LogP contribution in [-0.2, 0) is 19.0 Å². The molecule has 0 radical (unpaired) electrons. The molecule has 2 amide bonds. The fourth-order valence-corrected chi connectivity index (χ4v) is 5.07. The number of nitrogens with zero attached hydrogens (tertiary/aromatic N) is 4. The van der Waals surface area contributed by atoms with E-state index in [1.54, 1.807) is 33.1 Å². The summed E-state index contributed by atoms with van der Waals surface area (Å²) in [6.07, 6.45) is 6.65. The van der Waals surface area contributed by atoms with Crippen molar-refractivity contribution in [3.63, 3.8) is 0 Å². The van der Waals surface area contributed by atoms with Crippen LogP contribution in [0.15, 0.2) is 4.99 Å².